The molecule has 2 N–H and O–H groups in total. The first kappa shape index (κ1) is 23.8. The largest absolute Gasteiger partial charge is 0.379 e. The summed E-state index contributed by atoms with van der Waals surface area (Å²) in [5, 5.41) is 9.76. The predicted molar refractivity (Wildman–Crippen MR) is 126 cm³/mol. The number of hydrogen-bond acceptors (Lipinski definition) is 4. The standard InChI is InChI=1S/C20H30N4OS.HI/c1-6-21-19(23-13-17(25-5)20(2,3)4)22-12-16-14-26-18(24-16)15-10-8-7-9-11-15;/h7-11,14,17H,6,12-13H2,1-5H3,(H2,21,22,23);1H. The molecule has 0 spiro atoms. The summed E-state index contributed by atoms with van der Waals surface area (Å²) in [6, 6.07) is 10.2. The Morgan fingerprint density at radius 2 is 1.93 bits per heavy atom. The minimum atomic E-state index is 0. The Bertz CT molecular complexity index is 698. The topological polar surface area (TPSA) is 58.5 Å². The van der Waals surface area contributed by atoms with Gasteiger partial charge in [-0.05, 0) is 12.3 Å². The summed E-state index contributed by atoms with van der Waals surface area (Å²) in [5.74, 6) is 0.785. The number of guanidine groups is 1. The molecule has 0 bridgehead atoms. The molecule has 2 rings (SSSR count). The highest BCUT2D eigenvalue weighted by Crippen LogP contribution is 2.23. The highest BCUT2D eigenvalue weighted by atomic mass is 127. The van der Waals surface area contributed by atoms with Crippen LogP contribution in [0.25, 0.3) is 10.6 Å². The minimum absolute atomic E-state index is 0. The van der Waals surface area contributed by atoms with Gasteiger partial charge in [0.05, 0.1) is 18.3 Å². The maximum Gasteiger partial charge on any atom is 0.191 e. The van der Waals surface area contributed by atoms with Gasteiger partial charge < -0.3 is 15.4 Å². The van der Waals surface area contributed by atoms with Crippen LogP contribution in [0.4, 0.5) is 0 Å². The fourth-order valence-electron chi connectivity index (χ4n) is 2.53. The van der Waals surface area contributed by atoms with E-state index in [0.29, 0.717) is 13.1 Å². The maximum absolute atomic E-state index is 5.60. The average molecular weight is 502 g/mol. The van der Waals surface area contributed by atoms with Crippen molar-refractivity contribution >= 4 is 41.3 Å². The number of thiazole rings is 1. The summed E-state index contributed by atoms with van der Waals surface area (Å²) in [7, 11) is 1.75. The molecule has 5 nitrogen and oxygen atoms in total. The minimum Gasteiger partial charge on any atom is -0.379 e. The molecular formula is C20H31IN4OS. The zero-order chi connectivity index (χ0) is 19.0. The Labute approximate surface area is 184 Å². The van der Waals surface area contributed by atoms with Crippen LogP contribution in [0, 0.1) is 5.41 Å². The number of ether oxygens (including phenoxy) is 1. The van der Waals surface area contributed by atoms with Gasteiger partial charge in [-0.15, -0.1) is 35.3 Å². The Kier molecular flexibility index (Phi) is 10.3. The number of aromatic nitrogens is 1. The van der Waals surface area contributed by atoms with Crippen molar-refractivity contribution in [2.45, 2.75) is 40.3 Å². The highest BCUT2D eigenvalue weighted by molar-refractivity contribution is 14.0. The number of nitrogens with zero attached hydrogens (tertiary/aromatic N) is 2. The molecule has 0 amide bonds. The number of methoxy groups -OCH3 is 1. The van der Waals surface area contributed by atoms with Crippen molar-refractivity contribution in [3.05, 3.63) is 41.4 Å². The lowest BCUT2D eigenvalue weighted by Gasteiger charge is -2.30. The van der Waals surface area contributed by atoms with E-state index in [1.807, 2.05) is 18.2 Å². The van der Waals surface area contributed by atoms with Gasteiger partial charge >= 0.3 is 0 Å². The maximum atomic E-state index is 5.60. The zero-order valence-electron chi connectivity index (χ0n) is 16.8. The molecule has 1 aromatic heterocycles. The Morgan fingerprint density at radius 3 is 2.52 bits per heavy atom. The molecule has 0 saturated carbocycles. The molecule has 0 fully saturated rings. The quantitative estimate of drug-likeness (QED) is 0.332. The van der Waals surface area contributed by atoms with E-state index >= 15 is 0 Å². The first-order valence-electron chi connectivity index (χ1n) is 8.98. The number of nitrogens with one attached hydrogen (secondary N) is 2. The molecular weight excluding hydrogens is 471 g/mol. The molecule has 7 heteroatoms. The number of halogens is 1. The van der Waals surface area contributed by atoms with E-state index in [0.717, 1.165) is 28.8 Å². The van der Waals surface area contributed by atoms with Crippen LogP contribution in [0.3, 0.4) is 0 Å². The van der Waals surface area contributed by atoms with Crippen LogP contribution in [0.1, 0.15) is 33.4 Å². The second-order valence-electron chi connectivity index (χ2n) is 7.18. The molecule has 2 aromatic rings. The molecule has 0 aliphatic rings. The smallest absolute Gasteiger partial charge is 0.191 e. The summed E-state index contributed by atoms with van der Waals surface area (Å²) < 4.78 is 5.60. The van der Waals surface area contributed by atoms with E-state index in [1.54, 1.807) is 18.4 Å². The first-order valence-corrected chi connectivity index (χ1v) is 9.86. The Morgan fingerprint density at radius 1 is 1.22 bits per heavy atom. The van der Waals surface area contributed by atoms with E-state index in [2.05, 4.69) is 60.8 Å². The summed E-state index contributed by atoms with van der Waals surface area (Å²) in [5.41, 5.74) is 2.19. The Balaban J connectivity index is 0.00000364. The normalized spacial score (nSPS) is 13.0. The molecule has 27 heavy (non-hydrogen) atoms. The van der Waals surface area contributed by atoms with Gasteiger partial charge in [-0.3, -0.25) is 0 Å². The van der Waals surface area contributed by atoms with E-state index in [9.17, 15) is 0 Å². The van der Waals surface area contributed by atoms with E-state index < -0.39 is 0 Å². The van der Waals surface area contributed by atoms with Gasteiger partial charge in [0.1, 0.15) is 5.01 Å². The molecule has 150 valence electrons. The zero-order valence-corrected chi connectivity index (χ0v) is 19.9. The van der Waals surface area contributed by atoms with E-state index in [4.69, 9.17) is 9.72 Å². The third kappa shape index (κ3) is 7.75. The van der Waals surface area contributed by atoms with Gasteiger partial charge in [0.2, 0.25) is 0 Å². The highest BCUT2D eigenvalue weighted by Gasteiger charge is 2.24. The van der Waals surface area contributed by atoms with Gasteiger partial charge in [-0.25, -0.2) is 9.98 Å². The first-order chi connectivity index (χ1) is 12.4. The van der Waals surface area contributed by atoms with Crippen LogP contribution < -0.4 is 10.6 Å². The lowest BCUT2D eigenvalue weighted by atomic mass is 9.89. The van der Waals surface area contributed by atoms with Crippen molar-refractivity contribution in [1.29, 1.82) is 0 Å². The number of rotatable bonds is 7. The molecule has 1 unspecified atom stereocenters. The summed E-state index contributed by atoms with van der Waals surface area (Å²) in [6.07, 6.45) is 0.107. The monoisotopic (exact) mass is 502 g/mol. The third-order valence-electron chi connectivity index (χ3n) is 4.02. The number of aliphatic imine (C=N–C) groups is 1. The van der Waals surface area contributed by atoms with Gasteiger partial charge in [-0.1, -0.05) is 51.1 Å². The second-order valence-corrected chi connectivity index (χ2v) is 8.03. The lowest BCUT2D eigenvalue weighted by molar-refractivity contribution is 0.0205. The van der Waals surface area contributed by atoms with Gasteiger partial charge in [-0.2, -0.15) is 0 Å². The summed E-state index contributed by atoms with van der Waals surface area (Å²) in [4.78, 5) is 9.36. The molecule has 1 heterocycles. The van der Waals surface area contributed by atoms with Crippen molar-refractivity contribution in [2.24, 2.45) is 10.4 Å². The van der Waals surface area contributed by atoms with Crippen LogP contribution in [-0.4, -0.2) is 37.2 Å². The van der Waals surface area contributed by atoms with E-state index in [1.165, 1.54) is 0 Å². The van der Waals surface area contributed by atoms with Crippen LogP contribution >= 0.6 is 35.3 Å². The molecule has 0 aliphatic heterocycles. The fraction of sp³-hybridized carbons (Fsp3) is 0.500. The molecule has 0 radical (unpaired) electrons. The van der Waals surface area contributed by atoms with Crippen molar-refractivity contribution in [1.82, 2.24) is 15.6 Å². The number of hydrogen-bond donors (Lipinski definition) is 2. The number of benzene rings is 1. The average Bonchev–Trinajstić information content (AvgIpc) is 3.08. The van der Waals surface area contributed by atoms with Gasteiger partial charge in [0, 0.05) is 31.1 Å². The molecule has 0 saturated heterocycles. The molecule has 1 aromatic carbocycles. The van der Waals surface area contributed by atoms with Crippen LogP contribution in [0.2, 0.25) is 0 Å². The van der Waals surface area contributed by atoms with E-state index in [-0.39, 0.29) is 35.5 Å². The van der Waals surface area contributed by atoms with Crippen molar-refractivity contribution in [3.63, 3.8) is 0 Å². The Hall–Kier alpha value is -1.19. The summed E-state index contributed by atoms with van der Waals surface area (Å²) >= 11 is 1.65. The van der Waals surface area contributed by atoms with Crippen molar-refractivity contribution in [3.8, 4) is 10.6 Å². The van der Waals surface area contributed by atoms with Crippen LogP contribution in [0.5, 0.6) is 0 Å². The molecule has 1 atom stereocenters. The summed E-state index contributed by atoms with van der Waals surface area (Å²) in [6.45, 7) is 10.6. The van der Waals surface area contributed by atoms with Crippen molar-refractivity contribution < 1.29 is 4.74 Å². The second kappa shape index (κ2) is 11.6. The lowest BCUT2D eigenvalue weighted by Crippen LogP contribution is -2.45. The van der Waals surface area contributed by atoms with Crippen LogP contribution in [-0.2, 0) is 11.3 Å². The van der Waals surface area contributed by atoms with Crippen LogP contribution in [0.15, 0.2) is 40.7 Å². The predicted octanol–water partition coefficient (Wildman–Crippen LogP) is 4.54. The fourth-order valence-corrected chi connectivity index (χ4v) is 3.34. The third-order valence-corrected chi connectivity index (χ3v) is 4.96. The van der Waals surface area contributed by atoms with Gasteiger partial charge in [0.25, 0.3) is 0 Å². The molecule has 0 aliphatic carbocycles. The SMILES string of the molecule is CCNC(=NCc1csc(-c2ccccc2)n1)NCC(OC)C(C)(C)C.I. The van der Waals surface area contributed by atoms with Crippen molar-refractivity contribution in [2.75, 3.05) is 20.2 Å². The van der Waals surface area contributed by atoms with Gasteiger partial charge in [0.15, 0.2) is 5.96 Å².